The van der Waals surface area contributed by atoms with E-state index in [0.717, 1.165) is 6.42 Å². The summed E-state index contributed by atoms with van der Waals surface area (Å²) in [6.07, 6.45) is 4.55. The zero-order chi connectivity index (χ0) is 12.0. The number of rotatable bonds is 5. The van der Waals surface area contributed by atoms with E-state index in [9.17, 15) is 4.79 Å². The van der Waals surface area contributed by atoms with Gasteiger partial charge in [0.1, 0.15) is 5.69 Å². The number of nitrogen functional groups attached to an aromatic ring is 1. The molecule has 1 rings (SSSR count). The van der Waals surface area contributed by atoms with E-state index in [1.54, 1.807) is 23.9 Å². The summed E-state index contributed by atoms with van der Waals surface area (Å²) in [6.45, 7) is 2.80. The van der Waals surface area contributed by atoms with Crippen LogP contribution in [0, 0.1) is 0 Å². The van der Waals surface area contributed by atoms with Gasteiger partial charge < -0.3 is 11.1 Å². The van der Waals surface area contributed by atoms with Crippen molar-refractivity contribution in [3.05, 3.63) is 24.0 Å². The Balaban J connectivity index is 2.41. The number of anilines is 1. The van der Waals surface area contributed by atoms with Crippen LogP contribution >= 0.6 is 11.8 Å². The number of hydrogen-bond acceptors (Lipinski definition) is 4. The Kier molecular flexibility index (Phi) is 5.11. The van der Waals surface area contributed by atoms with Gasteiger partial charge in [-0.1, -0.05) is 6.92 Å². The molecule has 16 heavy (non-hydrogen) atoms. The second kappa shape index (κ2) is 6.37. The van der Waals surface area contributed by atoms with Crippen LogP contribution in [0.5, 0.6) is 0 Å². The Morgan fingerprint density at radius 1 is 1.69 bits per heavy atom. The Bertz CT molecular complexity index is 357. The third-order valence-corrected chi connectivity index (χ3v) is 3.30. The van der Waals surface area contributed by atoms with E-state index in [1.165, 1.54) is 6.20 Å². The lowest BCUT2D eigenvalue weighted by Gasteiger charge is -2.08. The van der Waals surface area contributed by atoms with Crippen LogP contribution in [-0.2, 0) is 0 Å². The molecule has 0 saturated heterocycles. The summed E-state index contributed by atoms with van der Waals surface area (Å²) in [5.74, 6) is -0.166. The first kappa shape index (κ1) is 12.8. The summed E-state index contributed by atoms with van der Waals surface area (Å²) in [6, 6.07) is 3.24. The summed E-state index contributed by atoms with van der Waals surface area (Å²) in [5.41, 5.74) is 6.50. The Morgan fingerprint density at radius 3 is 3.06 bits per heavy atom. The molecular weight excluding hydrogens is 222 g/mol. The normalized spacial score (nSPS) is 12.1. The molecule has 0 radical (unpaired) electrons. The van der Waals surface area contributed by atoms with E-state index in [4.69, 9.17) is 5.73 Å². The number of carbonyl (C=O) groups is 1. The smallest absolute Gasteiger partial charge is 0.269 e. The highest BCUT2D eigenvalue weighted by molar-refractivity contribution is 7.99. The number of amides is 1. The fraction of sp³-hybridized carbons (Fsp3) is 0.455. The van der Waals surface area contributed by atoms with E-state index >= 15 is 0 Å². The molecule has 4 nitrogen and oxygen atoms in total. The van der Waals surface area contributed by atoms with Gasteiger partial charge in [-0.2, -0.15) is 11.8 Å². The topological polar surface area (TPSA) is 68.0 Å². The number of thioether (sulfide) groups is 1. The van der Waals surface area contributed by atoms with Crippen molar-refractivity contribution in [2.75, 3.05) is 18.5 Å². The van der Waals surface area contributed by atoms with Gasteiger partial charge in [0.2, 0.25) is 0 Å². The van der Waals surface area contributed by atoms with Crippen molar-refractivity contribution >= 4 is 23.4 Å². The van der Waals surface area contributed by atoms with E-state index in [1.807, 2.05) is 0 Å². The average Bonchev–Trinajstić information content (AvgIpc) is 2.28. The maximum Gasteiger partial charge on any atom is 0.269 e. The third kappa shape index (κ3) is 4.10. The number of aromatic nitrogens is 1. The molecule has 5 heteroatoms. The standard InChI is InChI=1S/C11H17N3OS/c1-8(16-2)3-5-14-11(15)10-7-9(12)4-6-13-10/h4,6-8H,3,5H2,1-2H3,(H2,12,13)(H,14,15). The highest BCUT2D eigenvalue weighted by Crippen LogP contribution is 2.08. The van der Waals surface area contributed by atoms with Crippen LogP contribution < -0.4 is 11.1 Å². The lowest BCUT2D eigenvalue weighted by molar-refractivity contribution is 0.0948. The number of carbonyl (C=O) groups excluding carboxylic acids is 1. The van der Waals surface area contributed by atoms with Gasteiger partial charge in [-0.05, 0) is 24.8 Å². The molecule has 0 saturated carbocycles. The second-order valence-electron chi connectivity index (χ2n) is 3.57. The van der Waals surface area contributed by atoms with Gasteiger partial charge >= 0.3 is 0 Å². The number of nitrogens with two attached hydrogens (primary N) is 1. The maximum atomic E-state index is 11.6. The van der Waals surface area contributed by atoms with E-state index < -0.39 is 0 Å². The minimum Gasteiger partial charge on any atom is -0.399 e. The lowest BCUT2D eigenvalue weighted by atomic mass is 10.3. The van der Waals surface area contributed by atoms with Crippen LogP contribution in [0.2, 0.25) is 0 Å². The molecule has 0 bridgehead atoms. The molecule has 1 heterocycles. The number of nitrogens with zero attached hydrogens (tertiary/aromatic N) is 1. The Morgan fingerprint density at radius 2 is 2.44 bits per heavy atom. The lowest BCUT2D eigenvalue weighted by Crippen LogP contribution is -2.26. The van der Waals surface area contributed by atoms with Gasteiger partial charge in [-0.25, -0.2) is 0 Å². The first-order valence-corrected chi connectivity index (χ1v) is 6.44. The van der Waals surface area contributed by atoms with E-state index in [2.05, 4.69) is 23.5 Å². The van der Waals surface area contributed by atoms with Crippen molar-refractivity contribution in [1.29, 1.82) is 0 Å². The highest BCUT2D eigenvalue weighted by Gasteiger charge is 2.07. The average molecular weight is 239 g/mol. The maximum absolute atomic E-state index is 11.6. The van der Waals surface area contributed by atoms with Crippen molar-refractivity contribution in [3.63, 3.8) is 0 Å². The van der Waals surface area contributed by atoms with Gasteiger partial charge in [0.25, 0.3) is 5.91 Å². The molecule has 0 spiro atoms. The summed E-state index contributed by atoms with van der Waals surface area (Å²) < 4.78 is 0. The first-order chi connectivity index (χ1) is 7.63. The van der Waals surface area contributed by atoms with Crippen LogP contribution in [0.25, 0.3) is 0 Å². The van der Waals surface area contributed by atoms with Crippen molar-refractivity contribution in [2.45, 2.75) is 18.6 Å². The van der Waals surface area contributed by atoms with Crippen LogP contribution in [0.1, 0.15) is 23.8 Å². The third-order valence-electron chi connectivity index (χ3n) is 2.26. The first-order valence-electron chi connectivity index (χ1n) is 5.16. The van der Waals surface area contributed by atoms with Crippen LogP contribution in [0.4, 0.5) is 5.69 Å². The summed E-state index contributed by atoms with van der Waals surface area (Å²) >= 11 is 1.79. The Hall–Kier alpha value is -1.23. The van der Waals surface area contributed by atoms with Crippen molar-refractivity contribution in [3.8, 4) is 0 Å². The van der Waals surface area contributed by atoms with Gasteiger partial charge in [-0.3, -0.25) is 9.78 Å². The second-order valence-corrected chi connectivity index (χ2v) is 4.84. The molecule has 3 N–H and O–H groups in total. The number of hydrogen-bond donors (Lipinski definition) is 2. The predicted octanol–water partition coefficient (Wildman–Crippen LogP) is 1.54. The molecule has 1 aromatic heterocycles. The number of nitrogens with one attached hydrogen (secondary N) is 1. The summed E-state index contributed by atoms with van der Waals surface area (Å²) in [7, 11) is 0. The zero-order valence-electron chi connectivity index (χ0n) is 9.56. The van der Waals surface area contributed by atoms with Gasteiger partial charge in [0.15, 0.2) is 0 Å². The van der Waals surface area contributed by atoms with E-state index in [0.29, 0.717) is 23.2 Å². The van der Waals surface area contributed by atoms with Gasteiger partial charge in [0, 0.05) is 23.7 Å². The summed E-state index contributed by atoms with van der Waals surface area (Å²) in [5, 5.41) is 3.37. The molecule has 1 atom stereocenters. The number of pyridine rings is 1. The molecule has 0 aromatic carbocycles. The Labute approximate surface area is 100 Å². The van der Waals surface area contributed by atoms with Gasteiger partial charge in [-0.15, -0.1) is 0 Å². The zero-order valence-corrected chi connectivity index (χ0v) is 10.4. The predicted molar refractivity (Wildman–Crippen MR) is 68.6 cm³/mol. The quantitative estimate of drug-likeness (QED) is 0.817. The minimum atomic E-state index is -0.166. The molecule has 1 amide bonds. The highest BCUT2D eigenvalue weighted by atomic mass is 32.2. The van der Waals surface area contributed by atoms with Crippen LogP contribution in [0.3, 0.4) is 0 Å². The molecule has 1 aromatic rings. The van der Waals surface area contributed by atoms with Crippen molar-refractivity contribution < 1.29 is 4.79 Å². The molecule has 0 aliphatic rings. The fourth-order valence-electron chi connectivity index (χ4n) is 1.17. The fourth-order valence-corrected chi connectivity index (χ4v) is 1.52. The van der Waals surface area contributed by atoms with Crippen LogP contribution in [0.15, 0.2) is 18.3 Å². The van der Waals surface area contributed by atoms with Gasteiger partial charge in [0.05, 0.1) is 0 Å². The molecule has 0 aliphatic heterocycles. The van der Waals surface area contributed by atoms with Crippen molar-refractivity contribution in [1.82, 2.24) is 10.3 Å². The van der Waals surface area contributed by atoms with Crippen molar-refractivity contribution in [2.24, 2.45) is 0 Å². The van der Waals surface area contributed by atoms with Crippen LogP contribution in [-0.4, -0.2) is 28.9 Å². The largest absolute Gasteiger partial charge is 0.399 e. The molecule has 0 fully saturated rings. The molecule has 1 unspecified atom stereocenters. The minimum absolute atomic E-state index is 0.166. The molecular formula is C11H17N3OS. The molecule has 88 valence electrons. The monoisotopic (exact) mass is 239 g/mol. The molecule has 0 aliphatic carbocycles. The SMILES string of the molecule is CSC(C)CCNC(=O)c1cc(N)ccn1. The summed E-state index contributed by atoms with van der Waals surface area (Å²) in [4.78, 5) is 15.6. The van der Waals surface area contributed by atoms with E-state index in [-0.39, 0.29) is 5.91 Å².